The molecule has 1 atom stereocenters. The standard InChI is InChI=1S/C15H23ClN4O3/c1-3-23-13(21)15(2,22)9-20(10-6-4-5-7-10)12-11(17)8-18-14(16)19-12/h8,10,22H,3-7,9,17H2,1-2H3. The van der Waals surface area contributed by atoms with Gasteiger partial charge in [-0.15, -0.1) is 0 Å². The van der Waals surface area contributed by atoms with Crippen LogP contribution in [-0.2, 0) is 9.53 Å². The number of nitrogens with zero attached hydrogens (tertiary/aromatic N) is 3. The van der Waals surface area contributed by atoms with E-state index in [1.807, 2.05) is 4.90 Å². The highest BCUT2D eigenvalue weighted by molar-refractivity contribution is 6.28. The zero-order chi connectivity index (χ0) is 17.0. The second kappa shape index (κ2) is 7.31. The summed E-state index contributed by atoms with van der Waals surface area (Å²) in [6, 6.07) is 0.143. The maximum atomic E-state index is 12.0. The van der Waals surface area contributed by atoms with Gasteiger partial charge in [-0.1, -0.05) is 12.8 Å². The SMILES string of the molecule is CCOC(=O)C(C)(O)CN(c1nc(Cl)ncc1N)C1CCCC1. The largest absolute Gasteiger partial charge is 0.464 e. The van der Waals surface area contributed by atoms with Crippen molar-refractivity contribution in [1.82, 2.24) is 9.97 Å². The number of hydrogen-bond acceptors (Lipinski definition) is 7. The second-order valence-electron chi connectivity index (χ2n) is 5.98. The number of halogens is 1. The van der Waals surface area contributed by atoms with E-state index in [1.54, 1.807) is 6.92 Å². The van der Waals surface area contributed by atoms with E-state index in [-0.39, 0.29) is 24.5 Å². The number of carbonyl (C=O) groups is 1. The molecule has 7 nitrogen and oxygen atoms in total. The number of aromatic nitrogens is 2. The van der Waals surface area contributed by atoms with Gasteiger partial charge in [0.25, 0.3) is 0 Å². The van der Waals surface area contributed by atoms with Crippen molar-refractivity contribution >= 4 is 29.1 Å². The number of carbonyl (C=O) groups excluding carboxylic acids is 1. The van der Waals surface area contributed by atoms with Gasteiger partial charge in [-0.3, -0.25) is 0 Å². The predicted octanol–water partition coefficient (Wildman–Crippen LogP) is 1.78. The van der Waals surface area contributed by atoms with E-state index in [2.05, 4.69) is 9.97 Å². The topological polar surface area (TPSA) is 102 Å². The van der Waals surface area contributed by atoms with Gasteiger partial charge in [-0.05, 0) is 38.3 Å². The van der Waals surface area contributed by atoms with E-state index in [4.69, 9.17) is 22.1 Å². The molecule has 2 rings (SSSR count). The molecule has 1 aromatic rings. The van der Waals surface area contributed by atoms with Crippen molar-refractivity contribution in [2.24, 2.45) is 0 Å². The third-order valence-corrected chi connectivity index (χ3v) is 4.18. The molecule has 0 bridgehead atoms. The van der Waals surface area contributed by atoms with E-state index in [0.717, 1.165) is 25.7 Å². The fourth-order valence-electron chi connectivity index (χ4n) is 2.87. The lowest BCUT2D eigenvalue weighted by molar-refractivity contribution is -0.162. The first-order valence-corrected chi connectivity index (χ1v) is 8.17. The summed E-state index contributed by atoms with van der Waals surface area (Å²) in [5, 5.41) is 10.6. The van der Waals surface area contributed by atoms with Crippen molar-refractivity contribution in [1.29, 1.82) is 0 Å². The quantitative estimate of drug-likeness (QED) is 0.600. The molecular weight excluding hydrogens is 320 g/mol. The molecule has 0 spiro atoms. The lowest BCUT2D eigenvalue weighted by Crippen LogP contribution is -2.51. The second-order valence-corrected chi connectivity index (χ2v) is 6.32. The van der Waals surface area contributed by atoms with Crippen LogP contribution in [0.4, 0.5) is 11.5 Å². The molecule has 8 heteroatoms. The Morgan fingerprint density at radius 3 is 2.83 bits per heavy atom. The minimum atomic E-state index is -1.66. The van der Waals surface area contributed by atoms with E-state index < -0.39 is 11.6 Å². The van der Waals surface area contributed by atoms with Crippen LogP contribution in [0.1, 0.15) is 39.5 Å². The molecule has 0 aliphatic heterocycles. The maximum absolute atomic E-state index is 12.0. The van der Waals surface area contributed by atoms with Crippen LogP contribution in [0.5, 0.6) is 0 Å². The average molecular weight is 343 g/mol. The van der Waals surface area contributed by atoms with Crippen LogP contribution in [0.15, 0.2) is 6.20 Å². The molecule has 128 valence electrons. The van der Waals surface area contributed by atoms with Gasteiger partial charge >= 0.3 is 5.97 Å². The van der Waals surface area contributed by atoms with Crippen molar-refractivity contribution in [3.8, 4) is 0 Å². The molecule has 23 heavy (non-hydrogen) atoms. The molecule has 3 N–H and O–H groups in total. The Kier molecular flexibility index (Phi) is 5.64. The Morgan fingerprint density at radius 1 is 1.57 bits per heavy atom. The van der Waals surface area contributed by atoms with Gasteiger partial charge in [0.1, 0.15) is 0 Å². The lowest BCUT2D eigenvalue weighted by Gasteiger charge is -2.35. The molecule has 1 saturated carbocycles. The minimum Gasteiger partial charge on any atom is -0.464 e. The predicted molar refractivity (Wildman–Crippen MR) is 88.3 cm³/mol. The Bertz CT molecular complexity index is 562. The summed E-state index contributed by atoms with van der Waals surface area (Å²) in [6.07, 6.45) is 5.49. The van der Waals surface area contributed by atoms with Gasteiger partial charge in [0.05, 0.1) is 25.0 Å². The third-order valence-electron chi connectivity index (χ3n) is 4.00. The fraction of sp³-hybridized carbons (Fsp3) is 0.667. The molecule has 1 aliphatic rings. The molecule has 1 unspecified atom stereocenters. The summed E-state index contributed by atoms with van der Waals surface area (Å²) in [6.45, 7) is 3.38. The fourth-order valence-corrected chi connectivity index (χ4v) is 3.00. The van der Waals surface area contributed by atoms with Crippen molar-refractivity contribution in [3.63, 3.8) is 0 Å². The molecule has 0 aromatic carbocycles. The van der Waals surface area contributed by atoms with E-state index >= 15 is 0 Å². The smallest absolute Gasteiger partial charge is 0.339 e. The molecule has 1 fully saturated rings. The number of nitrogen functional groups attached to an aromatic ring is 1. The van der Waals surface area contributed by atoms with Crippen molar-refractivity contribution in [2.75, 3.05) is 23.8 Å². The number of anilines is 2. The maximum Gasteiger partial charge on any atom is 0.339 e. The first-order valence-electron chi connectivity index (χ1n) is 7.79. The van der Waals surface area contributed by atoms with Crippen LogP contribution in [0, 0.1) is 0 Å². The summed E-state index contributed by atoms with van der Waals surface area (Å²) in [5.41, 5.74) is 4.69. The minimum absolute atomic E-state index is 0.0358. The van der Waals surface area contributed by atoms with Gasteiger partial charge in [-0.2, -0.15) is 4.98 Å². The highest BCUT2D eigenvalue weighted by Gasteiger charge is 2.38. The zero-order valence-corrected chi connectivity index (χ0v) is 14.2. The first-order chi connectivity index (χ1) is 10.8. The summed E-state index contributed by atoms with van der Waals surface area (Å²) in [7, 11) is 0. The Morgan fingerprint density at radius 2 is 2.22 bits per heavy atom. The lowest BCUT2D eigenvalue weighted by atomic mass is 10.0. The van der Waals surface area contributed by atoms with E-state index in [9.17, 15) is 9.90 Å². The van der Waals surface area contributed by atoms with Crippen LogP contribution in [0.25, 0.3) is 0 Å². The number of rotatable bonds is 6. The number of esters is 1. The number of nitrogens with two attached hydrogens (primary N) is 1. The van der Waals surface area contributed by atoms with Crippen molar-refractivity contribution in [3.05, 3.63) is 11.5 Å². The number of ether oxygens (including phenoxy) is 1. The molecule has 0 saturated heterocycles. The van der Waals surface area contributed by atoms with Crippen LogP contribution in [0.2, 0.25) is 5.28 Å². The van der Waals surface area contributed by atoms with Crippen LogP contribution in [-0.4, -0.2) is 45.8 Å². The monoisotopic (exact) mass is 342 g/mol. The molecular formula is C15H23ClN4O3. The Labute approximate surface area is 140 Å². The normalized spacial score (nSPS) is 17.7. The van der Waals surface area contributed by atoms with Crippen molar-refractivity contribution in [2.45, 2.75) is 51.2 Å². The van der Waals surface area contributed by atoms with Gasteiger partial charge in [0.2, 0.25) is 5.28 Å². The van der Waals surface area contributed by atoms with Gasteiger partial charge < -0.3 is 20.5 Å². The van der Waals surface area contributed by atoms with Crippen LogP contribution >= 0.6 is 11.6 Å². The summed E-state index contributed by atoms with van der Waals surface area (Å²) < 4.78 is 4.95. The summed E-state index contributed by atoms with van der Waals surface area (Å²) in [4.78, 5) is 21.9. The third kappa shape index (κ3) is 4.23. The Balaban J connectivity index is 2.31. The van der Waals surface area contributed by atoms with E-state index in [0.29, 0.717) is 11.5 Å². The van der Waals surface area contributed by atoms with Gasteiger partial charge in [0.15, 0.2) is 11.4 Å². The number of hydrogen-bond donors (Lipinski definition) is 2. The summed E-state index contributed by atoms with van der Waals surface area (Å²) >= 11 is 5.89. The first kappa shape index (κ1) is 17.7. The molecule has 1 aliphatic carbocycles. The van der Waals surface area contributed by atoms with Crippen LogP contribution in [0.3, 0.4) is 0 Å². The van der Waals surface area contributed by atoms with Gasteiger partial charge in [-0.25, -0.2) is 9.78 Å². The molecule has 0 radical (unpaired) electrons. The highest BCUT2D eigenvalue weighted by Crippen LogP contribution is 2.32. The van der Waals surface area contributed by atoms with Crippen LogP contribution < -0.4 is 10.6 Å². The highest BCUT2D eigenvalue weighted by atomic mass is 35.5. The van der Waals surface area contributed by atoms with E-state index in [1.165, 1.54) is 13.1 Å². The number of aliphatic hydroxyl groups is 1. The van der Waals surface area contributed by atoms with Gasteiger partial charge in [0, 0.05) is 6.04 Å². The zero-order valence-electron chi connectivity index (χ0n) is 13.5. The summed E-state index contributed by atoms with van der Waals surface area (Å²) in [5.74, 6) is -0.219. The molecule has 0 amide bonds. The molecule has 1 aromatic heterocycles. The molecule has 1 heterocycles. The Hall–Kier alpha value is -1.60. The average Bonchev–Trinajstić information content (AvgIpc) is 3.02. The van der Waals surface area contributed by atoms with Crippen molar-refractivity contribution < 1.29 is 14.6 Å².